The molecular weight excluding hydrogens is 957 g/mol. The molecule has 6 N–H and O–H groups in total. The second kappa shape index (κ2) is 23.9. The largest absolute Gasteiger partial charge is 0.459 e. The van der Waals surface area contributed by atoms with Gasteiger partial charge in [0.25, 0.3) is 0 Å². The van der Waals surface area contributed by atoms with Gasteiger partial charge in [0, 0.05) is 69.9 Å². The molecule has 3 aliphatic rings. The van der Waals surface area contributed by atoms with E-state index in [4.69, 9.17) is 28.4 Å². The Kier molecular flexibility index (Phi) is 19.9. The van der Waals surface area contributed by atoms with Gasteiger partial charge in [-0.05, 0) is 84.5 Å². The Morgan fingerprint density at radius 2 is 1.56 bits per heavy atom. The number of sulfone groups is 1. The molecule has 0 bridgehead atoms. The highest BCUT2D eigenvalue weighted by atomic mass is 32.2. The van der Waals surface area contributed by atoms with Crippen LogP contribution in [0, 0.1) is 29.6 Å². The molecule has 1 aromatic carbocycles. The number of hydrogen-bond donors (Lipinski definition) is 6. The molecular formula is C51H84N4O16S. The maximum atomic E-state index is 14.6. The van der Waals surface area contributed by atoms with E-state index in [1.54, 1.807) is 47.7 Å². The maximum absolute atomic E-state index is 14.6. The number of carbonyl (C=O) groups is 2. The van der Waals surface area contributed by atoms with Crippen molar-refractivity contribution < 1.29 is 77.1 Å². The molecule has 5 rings (SSSR count). The summed E-state index contributed by atoms with van der Waals surface area (Å²) in [5, 5.41) is 77.1. The van der Waals surface area contributed by atoms with E-state index in [2.05, 4.69) is 10.3 Å². The number of benzene rings is 1. The zero-order valence-corrected chi connectivity index (χ0v) is 45.4. The van der Waals surface area contributed by atoms with E-state index < -0.39 is 142 Å². The van der Waals surface area contributed by atoms with Crippen LogP contribution in [-0.2, 0) is 54.3 Å². The van der Waals surface area contributed by atoms with E-state index in [9.17, 15) is 48.6 Å². The van der Waals surface area contributed by atoms with Gasteiger partial charge in [0.1, 0.15) is 41.8 Å². The number of carbonyl (C=O) groups excluding carboxylic acids is 2. The Hall–Kier alpha value is -3.03. The summed E-state index contributed by atoms with van der Waals surface area (Å²) < 4.78 is 63.9. The number of aromatic nitrogens is 3. The van der Waals surface area contributed by atoms with Gasteiger partial charge in [-0.2, -0.15) is 0 Å². The molecule has 20 nitrogen and oxygen atoms in total. The first-order valence-electron chi connectivity index (χ1n) is 25.3. The van der Waals surface area contributed by atoms with Gasteiger partial charge in [-0.25, -0.2) is 13.1 Å². The average Bonchev–Trinajstić information content (AvgIpc) is 3.81. The zero-order chi connectivity index (χ0) is 54.0. The van der Waals surface area contributed by atoms with E-state index in [-0.39, 0.29) is 29.9 Å². The topological polar surface area (TPSA) is 279 Å². The number of esters is 1. The first kappa shape index (κ1) is 59.8. The molecule has 4 heterocycles. The normalized spacial score (nSPS) is 39.8. The van der Waals surface area contributed by atoms with Gasteiger partial charge in [0.15, 0.2) is 16.1 Å². The molecule has 0 aliphatic carbocycles. The van der Waals surface area contributed by atoms with Crippen LogP contribution in [0.4, 0.5) is 0 Å². The highest BCUT2D eigenvalue weighted by Crippen LogP contribution is 2.46. The van der Waals surface area contributed by atoms with Crippen molar-refractivity contribution in [2.45, 2.75) is 196 Å². The second-order valence-corrected chi connectivity index (χ2v) is 23.7. The van der Waals surface area contributed by atoms with Crippen molar-refractivity contribution in [2.24, 2.45) is 29.6 Å². The van der Waals surface area contributed by atoms with Gasteiger partial charge in [0.05, 0.1) is 64.8 Å². The lowest BCUT2D eigenvalue weighted by molar-refractivity contribution is -0.305. The van der Waals surface area contributed by atoms with Gasteiger partial charge in [0.2, 0.25) is 0 Å². The molecule has 410 valence electrons. The van der Waals surface area contributed by atoms with Crippen LogP contribution in [0.3, 0.4) is 0 Å². The summed E-state index contributed by atoms with van der Waals surface area (Å²) in [6.45, 7) is 17.0. The quantitative estimate of drug-likeness (QED) is 0.140. The molecule has 0 saturated carbocycles. The fourth-order valence-electron chi connectivity index (χ4n) is 11.6. The smallest absolute Gasteiger partial charge is 0.309 e. The number of rotatable bonds is 15. The Labute approximate surface area is 425 Å². The van der Waals surface area contributed by atoms with Gasteiger partial charge < -0.3 is 64.0 Å². The molecule has 0 amide bonds. The molecule has 0 radical (unpaired) electrons. The van der Waals surface area contributed by atoms with E-state index >= 15 is 0 Å². The highest BCUT2D eigenvalue weighted by Gasteiger charge is 2.56. The second-order valence-electron chi connectivity index (χ2n) is 21.7. The molecule has 21 heteroatoms. The van der Waals surface area contributed by atoms with Crippen molar-refractivity contribution >= 4 is 21.6 Å². The molecule has 2 aromatic rings. The van der Waals surface area contributed by atoms with E-state index in [0.29, 0.717) is 30.6 Å². The maximum Gasteiger partial charge on any atom is 0.309 e. The van der Waals surface area contributed by atoms with Crippen LogP contribution in [0.15, 0.2) is 35.4 Å². The molecule has 20 atom stereocenters. The number of likely N-dealkylation sites (N-methyl/N-ethyl adjacent to an activating group) is 1. The lowest BCUT2D eigenvalue weighted by atomic mass is 9.67. The van der Waals surface area contributed by atoms with Crippen molar-refractivity contribution in [3.8, 4) is 0 Å². The number of hydrogen-bond acceptors (Lipinski definition) is 19. The third kappa shape index (κ3) is 12.8. The summed E-state index contributed by atoms with van der Waals surface area (Å²) >= 11 is 0. The first-order chi connectivity index (χ1) is 33.5. The monoisotopic (exact) mass is 1040 g/mol. The predicted molar refractivity (Wildman–Crippen MR) is 263 cm³/mol. The number of methoxy groups -OCH3 is 2. The van der Waals surface area contributed by atoms with Crippen LogP contribution in [0.5, 0.6) is 0 Å². The fraction of sp³-hybridized carbons (Fsp3) is 0.804. The number of aliphatic hydroxyl groups excluding tert-OH is 5. The van der Waals surface area contributed by atoms with Gasteiger partial charge in [-0.3, -0.25) is 9.59 Å². The summed E-state index contributed by atoms with van der Waals surface area (Å²) in [7, 11) is 1.41. The number of ether oxygens (including phenoxy) is 6. The van der Waals surface area contributed by atoms with Crippen LogP contribution in [0.25, 0.3) is 0 Å². The van der Waals surface area contributed by atoms with Crippen LogP contribution >= 0.6 is 0 Å². The minimum absolute atomic E-state index is 0.0573. The van der Waals surface area contributed by atoms with Crippen molar-refractivity contribution in [3.05, 3.63) is 41.7 Å². The number of Topliss-reactive ketones (excluding diaryl/α,β-unsaturated/α-hetero) is 1. The Bertz CT molecular complexity index is 2220. The molecule has 3 aliphatic heterocycles. The standard InChI is InChI=1S/C51H84N4O16S/c1-15-39-51(10,63)44(60)31(6)41(57)27(2)23-50(9,67-13)46(29(4)40(30(5)47(62)70-39)38-24-49(8,66-12)45(61)32(7)69-38)71-48-43(59)36(22-28(3)68-48)54(11)21-20-34-25-55(53-52-34)37(26-56)42(58)33-16-18-35(19-17-33)72(14,64)65/h16-19,25,27-32,36-40,42-46,48,56,58-61,63H,15,20-24,26H2,1-14H3/t27-,28-,29+,30-,31+,32+,36+,37-,38-,39-,40?,42-,43-,44-,45+,46-,48+,49-,50-,51-/m1/s1. The predicted octanol–water partition coefficient (Wildman–Crippen LogP) is 2.59. The van der Waals surface area contributed by atoms with Crippen molar-refractivity contribution in [1.82, 2.24) is 19.9 Å². The molecule has 72 heavy (non-hydrogen) atoms. The molecule has 1 aromatic heterocycles. The van der Waals surface area contributed by atoms with Gasteiger partial charge >= 0.3 is 5.97 Å². The van der Waals surface area contributed by atoms with Crippen LogP contribution < -0.4 is 0 Å². The lowest BCUT2D eigenvalue weighted by Gasteiger charge is -2.52. The fourth-order valence-corrected chi connectivity index (χ4v) is 12.2. The minimum Gasteiger partial charge on any atom is -0.459 e. The van der Waals surface area contributed by atoms with E-state index in [1.165, 1.54) is 57.0 Å². The first-order valence-corrected chi connectivity index (χ1v) is 27.2. The van der Waals surface area contributed by atoms with Crippen molar-refractivity contribution in [3.63, 3.8) is 0 Å². The van der Waals surface area contributed by atoms with Gasteiger partial charge in [-0.15, -0.1) is 5.10 Å². The molecule has 0 spiro atoms. The van der Waals surface area contributed by atoms with Crippen molar-refractivity contribution in [2.75, 3.05) is 40.7 Å². The number of nitrogens with zero attached hydrogens (tertiary/aromatic N) is 4. The summed E-state index contributed by atoms with van der Waals surface area (Å²) in [4.78, 5) is 30.9. The third-order valence-corrected chi connectivity index (χ3v) is 17.5. The van der Waals surface area contributed by atoms with E-state index in [1.807, 2.05) is 25.8 Å². The lowest BCUT2D eigenvalue weighted by Crippen LogP contribution is -2.62. The Morgan fingerprint density at radius 1 is 0.931 bits per heavy atom. The van der Waals surface area contributed by atoms with Crippen LogP contribution in [0.1, 0.15) is 118 Å². The molecule has 1 unspecified atom stereocenters. The summed E-state index contributed by atoms with van der Waals surface area (Å²) in [5.74, 6) is -5.30. The summed E-state index contributed by atoms with van der Waals surface area (Å²) in [6.07, 6.45) is -6.66. The van der Waals surface area contributed by atoms with E-state index in [0.717, 1.165) is 6.26 Å². The zero-order valence-electron chi connectivity index (χ0n) is 44.6. The number of ketones is 1. The summed E-state index contributed by atoms with van der Waals surface area (Å²) in [6, 6.07) is 4.32. The third-order valence-electron chi connectivity index (χ3n) is 16.3. The average molecular weight is 1040 g/mol. The Balaban J connectivity index is 1.47. The number of aliphatic hydroxyl groups is 6. The SMILES string of the molecule is CC[C@H]1OC(=O)[C@H](C)C([C@H]2C[C@@](C)(OC)[C@@H](O)[C@H](C)O2)[C@H](C)[C@@H](O[C@@H]2O[C@H](C)C[C@H](N(C)CCc3cn([C@H](CO)[C@H](O)c4ccc(S(C)(=O)=O)cc4)nn3)[C@H]2O)[C@](C)(OC)C[C@@H](C)C(=O)[C@H](C)[C@@H](O)[C@]1(C)O. The summed E-state index contributed by atoms with van der Waals surface area (Å²) in [5.41, 5.74) is -3.50. The van der Waals surface area contributed by atoms with Crippen LogP contribution in [0.2, 0.25) is 0 Å². The van der Waals surface area contributed by atoms with Crippen molar-refractivity contribution in [1.29, 1.82) is 0 Å². The molecule has 3 fully saturated rings. The number of cyclic esters (lactones) is 1. The van der Waals surface area contributed by atoms with Crippen LogP contribution in [-0.4, -0.2) is 189 Å². The Morgan fingerprint density at radius 3 is 2.12 bits per heavy atom. The highest BCUT2D eigenvalue weighted by molar-refractivity contribution is 7.90. The minimum atomic E-state index is -3.45. The van der Waals surface area contributed by atoms with Gasteiger partial charge in [-0.1, -0.05) is 52.0 Å². The molecule has 3 saturated heterocycles.